The van der Waals surface area contributed by atoms with Crippen molar-refractivity contribution in [1.82, 2.24) is 4.90 Å². The molecule has 0 aromatic heterocycles. The highest BCUT2D eigenvalue weighted by atomic mass is 19.1. The van der Waals surface area contributed by atoms with Crippen LogP contribution in [0.2, 0.25) is 0 Å². The quantitative estimate of drug-likeness (QED) is 0.662. The van der Waals surface area contributed by atoms with Crippen molar-refractivity contribution in [3.8, 4) is 0 Å². The molecule has 1 aromatic carbocycles. The first-order chi connectivity index (χ1) is 9.38. The number of aliphatic hydroxyl groups is 1. The topological polar surface area (TPSA) is 78.6 Å². The van der Waals surface area contributed by atoms with Crippen molar-refractivity contribution in [2.75, 3.05) is 31.2 Å². The number of rotatable bonds is 7. The largest absolute Gasteiger partial charge is 0.397 e. The first-order valence-electron chi connectivity index (χ1n) is 6.60. The highest BCUT2D eigenvalue weighted by Gasteiger charge is 2.08. The van der Waals surface area contributed by atoms with Crippen LogP contribution >= 0.6 is 0 Å². The van der Waals surface area contributed by atoms with Gasteiger partial charge in [0.25, 0.3) is 0 Å². The van der Waals surface area contributed by atoms with Crippen LogP contribution in [0.4, 0.5) is 15.8 Å². The Morgan fingerprint density at radius 3 is 2.80 bits per heavy atom. The molecule has 5 nitrogen and oxygen atoms in total. The maximum Gasteiger partial charge on any atom is 0.225 e. The number of nitrogen functional groups attached to an aromatic ring is 1. The molecular weight excluding hydrogens is 261 g/mol. The number of aliphatic hydroxyl groups excluding tert-OH is 1. The molecule has 0 aliphatic heterocycles. The second kappa shape index (κ2) is 7.81. The number of nitrogens with two attached hydrogens (primary N) is 1. The number of halogens is 1. The highest BCUT2D eigenvalue weighted by Crippen LogP contribution is 2.19. The van der Waals surface area contributed by atoms with Crippen molar-refractivity contribution in [2.24, 2.45) is 0 Å². The number of nitrogens with one attached hydrogen (secondary N) is 1. The molecule has 0 radical (unpaired) electrons. The fraction of sp³-hybridized carbons (Fsp3) is 0.500. The number of amides is 1. The molecule has 0 aliphatic rings. The van der Waals surface area contributed by atoms with Crippen LogP contribution < -0.4 is 11.1 Å². The summed E-state index contributed by atoms with van der Waals surface area (Å²) in [5.74, 6) is -0.606. The van der Waals surface area contributed by atoms with Gasteiger partial charge in [0.2, 0.25) is 5.91 Å². The molecule has 1 rings (SSSR count). The summed E-state index contributed by atoms with van der Waals surface area (Å²) in [7, 11) is 1.89. The molecule has 1 amide bonds. The van der Waals surface area contributed by atoms with Gasteiger partial charge in [0, 0.05) is 19.5 Å². The second-order valence-corrected chi connectivity index (χ2v) is 4.97. The molecule has 0 saturated carbocycles. The highest BCUT2D eigenvalue weighted by molar-refractivity contribution is 5.93. The van der Waals surface area contributed by atoms with E-state index in [1.807, 2.05) is 11.9 Å². The van der Waals surface area contributed by atoms with Crippen molar-refractivity contribution in [1.29, 1.82) is 0 Å². The Balaban J connectivity index is 2.36. The van der Waals surface area contributed by atoms with Crippen molar-refractivity contribution in [3.63, 3.8) is 0 Å². The van der Waals surface area contributed by atoms with Crippen LogP contribution in [0.1, 0.15) is 19.8 Å². The molecule has 112 valence electrons. The fourth-order valence-electron chi connectivity index (χ4n) is 1.67. The van der Waals surface area contributed by atoms with Crippen molar-refractivity contribution in [2.45, 2.75) is 25.9 Å². The molecule has 0 spiro atoms. The summed E-state index contributed by atoms with van der Waals surface area (Å²) in [4.78, 5) is 13.7. The van der Waals surface area contributed by atoms with Gasteiger partial charge in [-0.1, -0.05) is 0 Å². The molecule has 0 aliphatic carbocycles. The summed E-state index contributed by atoms with van der Waals surface area (Å²) in [6, 6.07) is 3.87. The summed E-state index contributed by atoms with van der Waals surface area (Å²) < 4.78 is 12.9. The second-order valence-electron chi connectivity index (χ2n) is 4.97. The van der Waals surface area contributed by atoms with Crippen LogP contribution in [0, 0.1) is 5.82 Å². The lowest BCUT2D eigenvalue weighted by atomic mass is 10.2. The summed E-state index contributed by atoms with van der Waals surface area (Å²) in [5, 5.41) is 11.8. The van der Waals surface area contributed by atoms with Gasteiger partial charge < -0.3 is 21.1 Å². The van der Waals surface area contributed by atoms with Gasteiger partial charge in [0.05, 0.1) is 17.5 Å². The molecule has 1 unspecified atom stereocenters. The zero-order valence-electron chi connectivity index (χ0n) is 11.9. The summed E-state index contributed by atoms with van der Waals surface area (Å²) >= 11 is 0. The molecule has 0 heterocycles. The SMILES string of the molecule is CC(O)CCN(C)CCC(=O)Nc1ccc(F)cc1N. The van der Waals surface area contributed by atoms with E-state index in [0.717, 1.165) is 6.54 Å². The number of carbonyl (C=O) groups excluding carboxylic acids is 1. The molecule has 0 fully saturated rings. The van der Waals surface area contributed by atoms with E-state index in [1.165, 1.54) is 18.2 Å². The minimum absolute atomic E-state index is 0.174. The number of carbonyl (C=O) groups is 1. The predicted molar refractivity (Wildman–Crippen MR) is 77.9 cm³/mol. The Bertz CT molecular complexity index is 452. The van der Waals surface area contributed by atoms with Gasteiger partial charge in [-0.3, -0.25) is 4.79 Å². The van der Waals surface area contributed by atoms with Crippen LogP contribution in [0.25, 0.3) is 0 Å². The number of anilines is 2. The van der Waals surface area contributed by atoms with Crippen LogP contribution in [0.3, 0.4) is 0 Å². The average molecular weight is 283 g/mol. The summed E-state index contributed by atoms with van der Waals surface area (Å²) in [6.07, 6.45) is 0.640. The third-order valence-electron chi connectivity index (χ3n) is 2.94. The van der Waals surface area contributed by atoms with Crippen LogP contribution in [0.5, 0.6) is 0 Å². The number of benzene rings is 1. The van der Waals surface area contributed by atoms with E-state index in [-0.39, 0.29) is 17.7 Å². The maximum atomic E-state index is 12.9. The Morgan fingerprint density at radius 2 is 2.20 bits per heavy atom. The van der Waals surface area contributed by atoms with Crippen LogP contribution in [0.15, 0.2) is 18.2 Å². The minimum atomic E-state index is -0.432. The molecule has 0 saturated heterocycles. The Morgan fingerprint density at radius 1 is 1.50 bits per heavy atom. The zero-order chi connectivity index (χ0) is 15.1. The van der Waals surface area contributed by atoms with E-state index in [4.69, 9.17) is 5.73 Å². The normalized spacial score (nSPS) is 12.4. The lowest BCUT2D eigenvalue weighted by Crippen LogP contribution is -2.27. The molecule has 0 bridgehead atoms. The first-order valence-corrected chi connectivity index (χ1v) is 6.60. The molecule has 6 heteroatoms. The summed E-state index contributed by atoms with van der Waals surface area (Å²) in [6.45, 7) is 3.04. The van der Waals surface area contributed by atoms with E-state index < -0.39 is 5.82 Å². The smallest absolute Gasteiger partial charge is 0.225 e. The van der Waals surface area contributed by atoms with Crippen LogP contribution in [-0.2, 0) is 4.79 Å². The summed E-state index contributed by atoms with van der Waals surface area (Å²) in [5.41, 5.74) is 6.24. The lowest BCUT2D eigenvalue weighted by Gasteiger charge is -2.17. The van der Waals surface area contributed by atoms with Gasteiger partial charge >= 0.3 is 0 Å². The predicted octanol–water partition coefficient (Wildman–Crippen LogP) is 1.44. The number of nitrogens with zero attached hydrogens (tertiary/aromatic N) is 1. The Kier molecular flexibility index (Phi) is 6.41. The molecule has 1 aromatic rings. The molecule has 20 heavy (non-hydrogen) atoms. The van der Waals surface area contributed by atoms with Gasteiger partial charge in [0.1, 0.15) is 5.82 Å². The van der Waals surface area contributed by atoms with Gasteiger partial charge in [-0.05, 0) is 38.6 Å². The number of hydrogen-bond donors (Lipinski definition) is 3. The van der Waals surface area contributed by atoms with Crippen molar-refractivity contribution >= 4 is 17.3 Å². The third-order valence-corrected chi connectivity index (χ3v) is 2.94. The molecular formula is C14H22FN3O2. The van der Waals surface area contributed by atoms with Crippen LogP contribution in [-0.4, -0.2) is 42.2 Å². The van der Waals surface area contributed by atoms with E-state index in [2.05, 4.69) is 5.32 Å². The molecule has 1 atom stereocenters. The standard InChI is InChI=1S/C14H22FN3O2/c1-10(19)5-7-18(2)8-6-14(20)17-13-4-3-11(15)9-12(13)16/h3-4,9-10,19H,5-8,16H2,1-2H3,(H,17,20). The average Bonchev–Trinajstić information content (AvgIpc) is 2.37. The first kappa shape index (κ1) is 16.4. The number of hydrogen-bond acceptors (Lipinski definition) is 4. The lowest BCUT2D eigenvalue weighted by molar-refractivity contribution is -0.116. The van der Waals surface area contributed by atoms with Crippen molar-refractivity contribution in [3.05, 3.63) is 24.0 Å². The van der Waals surface area contributed by atoms with Crippen molar-refractivity contribution < 1.29 is 14.3 Å². The van der Waals surface area contributed by atoms with Gasteiger partial charge in [-0.15, -0.1) is 0 Å². The van der Waals surface area contributed by atoms with E-state index in [9.17, 15) is 14.3 Å². The van der Waals surface area contributed by atoms with Gasteiger partial charge in [0.15, 0.2) is 0 Å². The molecule has 4 N–H and O–H groups in total. The Labute approximate surface area is 118 Å². The zero-order valence-corrected chi connectivity index (χ0v) is 11.9. The van der Waals surface area contributed by atoms with E-state index in [0.29, 0.717) is 25.1 Å². The van der Waals surface area contributed by atoms with E-state index >= 15 is 0 Å². The van der Waals surface area contributed by atoms with E-state index in [1.54, 1.807) is 6.92 Å². The third kappa shape index (κ3) is 5.99. The maximum absolute atomic E-state index is 12.9. The van der Waals surface area contributed by atoms with Gasteiger partial charge in [-0.2, -0.15) is 0 Å². The van der Waals surface area contributed by atoms with Gasteiger partial charge in [-0.25, -0.2) is 4.39 Å². The minimum Gasteiger partial charge on any atom is -0.397 e. The monoisotopic (exact) mass is 283 g/mol. The Hall–Kier alpha value is -1.66. The fourth-order valence-corrected chi connectivity index (χ4v) is 1.67.